The smallest absolute Gasteiger partial charge is 0.224 e. The summed E-state index contributed by atoms with van der Waals surface area (Å²) in [6.07, 6.45) is 1.93. The number of carbonyl (C=O) groups excluding carboxylic acids is 1. The standard InChI is InChI=1S/C21H24Cl2N2O/c1-15-6-2-3-7-16(15)12-24-21(26)17-8-5-11-25(13-17)14-18-19(22)9-4-10-20(18)23/h2-4,6-7,9-10,17H,5,8,11-14H2,1H3,(H,24,26). The molecule has 26 heavy (non-hydrogen) atoms. The third kappa shape index (κ3) is 4.79. The number of likely N-dealkylation sites (tertiary alicyclic amines) is 1. The normalized spacial score (nSPS) is 17.9. The van der Waals surface area contributed by atoms with E-state index in [2.05, 4.69) is 29.3 Å². The number of benzene rings is 2. The van der Waals surface area contributed by atoms with E-state index in [1.165, 1.54) is 5.56 Å². The van der Waals surface area contributed by atoms with Crippen LogP contribution in [-0.4, -0.2) is 23.9 Å². The molecule has 1 aliphatic rings. The summed E-state index contributed by atoms with van der Waals surface area (Å²) in [5.74, 6) is 0.136. The molecule has 1 atom stereocenters. The highest BCUT2D eigenvalue weighted by molar-refractivity contribution is 6.35. The van der Waals surface area contributed by atoms with E-state index >= 15 is 0 Å². The van der Waals surface area contributed by atoms with E-state index in [1.54, 1.807) is 0 Å². The van der Waals surface area contributed by atoms with Crippen molar-refractivity contribution in [3.05, 3.63) is 69.2 Å². The van der Waals surface area contributed by atoms with Crippen molar-refractivity contribution in [3.8, 4) is 0 Å². The second-order valence-electron chi connectivity index (χ2n) is 6.92. The van der Waals surface area contributed by atoms with E-state index < -0.39 is 0 Å². The molecule has 3 rings (SSSR count). The molecule has 1 amide bonds. The average molecular weight is 391 g/mol. The molecule has 1 unspecified atom stereocenters. The number of rotatable bonds is 5. The van der Waals surface area contributed by atoms with Gasteiger partial charge in [0.15, 0.2) is 0 Å². The highest BCUT2D eigenvalue weighted by Crippen LogP contribution is 2.27. The van der Waals surface area contributed by atoms with Crippen LogP contribution in [0.1, 0.15) is 29.5 Å². The maximum atomic E-state index is 12.6. The zero-order chi connectivity index (χ0) is 18.5. The minimum atomic E-state index is 0.00836. The third-order valence-corrected chi connectivity index (χ3v) is 5.74. The van der Waals surface area contributed by atoms with Crippen LogP contribution in [0.2, 0.25) is 10.0 Å². The molecule has 0 spiro atoms. The Morgan fingerprint density at radius 2 is 1.88 bits per heavy atom. The van der Waals surface area contributed by atoms with Crippen molar-refractivity contribution in [2.75, 3.05) is 13.1 Å². The van der Waals surface area contributed by atoms with Gasteiger partial charge in [0.05, 0.1) is 5.92 Å². The van der Waals surface area contributed by atoms with Crippen LogP contribution in [0, 0.1) is 12.8 Å². The summed E-state index contributed by atoms with van der Waals surface area (Å²) in [4.78, 5) is 14.9. The first-order valence-corrected chi connectivity index (χ1v) is 9.77. The Hall–Kier alpha value is -1.55. The molecule has 0 aromatic heterocycles. The van der Waals surface area contributed by atoms with Crippen molar-refractivity contribution in [1.82, 2.24) is 10.2 Å². The molecule has 5 heteroatoms. The number of nitrogens with one attached hydrogen (secondary N) is 1. The molecule has 1 aliphatic heterocycles. The maximum Gasteiger partial charge on any atom is 0.224 e. The topological polar surface area (TPSA) is 32.3 Å². The predicted molar refractivity (Wildman–Crippen MR) is 107 cm³/mol. The zero-order valence-corrected chi connectivity index (χ0v) is 16.5. The van der Waals surface area contributed by atoms with Crippen LogP contribution >= 0.6 is 23.2 Å². The molecule has 2 aromatic carbocycles. The van der Waals surface area contributed by atoms with Gasteiger partial charge < -0.3 is 5.32 Å². The fourth-order valence-electron chi connectivity index (χ4n) is 3.46. The Kier molecular flexibility index (Phi) is 6.58. The van der Waals surface area contributed by atoms with Crippen molar-refractivity contribution in [2.24, 2.45) is 5.92 Å². The monoisotopic (exact) mass is 390 g/mol. The van der Waals surface area contributed by atoms with Crippen molar-refractivity contribution in [1.29, 1.82) is 0 Å². The zero-order valence-electron chi connectivity index (χ0n) is 15.0. The molecule has 0 bridgehead atoms. The van der Waals surface area contributed by atoms with E-state index in [0.29, 0.717) is 23.1 Å². The van der Waals surface area contributed by atoms with Crippen LogP contribution in [-0.2, 0) is 17.9 Å². The fraction of sp³-hybridized carbons (Fsp3) is 0.381. The van der Waals surface area contributed by atoms with Gasteiger partial charge in [-0.05, 0) is 49.6 Å². The van der Waals surface area contributed by atoms with Gasteiger partial charge >= 0.3 is 0 Å². The van der Waals surface area contributed by atoms with Gasteiger partial charge in [-0.15, -0.1) is 0 Å². The Morgan fingerprint density at radius 3 is 2.62 bits per heavy atom. The Balaban J connectivity index is 1.57. The highest BCUT2D eigenvalue weighted by atomic mass is 35.5. The van der Waals surface area contributed by atoms with Crippen LogP contribution in [0.5, 0.6) is 0 Å². The van der Waals surface area contributed by atoms with Gasteiger partial charge in [0, 0.05) is 35.2 Å². The number of hydrogen-bond acceptors (Lipinski definition) is 2. The first-order valence-electron chi connectivity index (χ1n) is 9.02. The predicted octanol–water partition coefficient (Wildman–Crippen LogP) is 4.83. The van der Waals surface area contributed by atoms with Crippen molar-refractivity contribution < 1.29 is 4.79 Å². The summed E-state index contributed by atoms with van der Waals surface area (Å²) in [5, 5.41) is 4.47. The quantitative estimate of drug-likeness (QED) is 0.792. The summed E-state index contributed by atoms with van der Waals surface area (Å²) in [7, 11) is 0. The summed E-state index contributed by atoms with van der Waals surface area (Å²) in [6, 6.07) is 13.7. The maximum absolute atomic E-state index is 12.6. The largest absolute Gasteiger partial charge is 0.352 e. The molecular weight excluding hydrogens is 367 g/mol. The van der Waals surface area contributed by atoms with Crippen LogP contribution in [0.3, 0.4) is 0 Å². The van der Waals surface area contributed by atoms with Gasteiger partial charge in [-0.25, -0.2) is 0 Å². The Labute approximate surface area is 165 Å². The molecule has 138 valence electrons. The van der Waals surface area contributed by atoms with Crippen LogP contribution < -0.4 is 5.32 Å². The Bertz CT molecular complexity index is 758. The lowest BCUT2D eigenvalue weighted by Gasteiger charge is -2.32. The second-order valence-corrected chi connectivity index (χ2v) is 7.73. The van der Waals surface area contributed by atoms with E-state index in [9.17, 15) is 4.79 Å². The molecule has 1 N–H and O–H groups in total. The molecular formula is C21H24Cl2N2O. The lowest BCUT2D eigenvalue weighted by atomic mass is 9.96. The number of hydrogen-bond donors (Lipinski definition) is 1. The first-order chi connectivity index (χ1) is 12.5. The molecule has 2 aromatic rings. The van der Waals surface area contributed by atoms with Gasteiger partial charge in [0.25, 0.3) is 0 Å². The summed E-state index contributed by atoms with van der Waals surface area (Å²) >= 11 is 12.6. The summed E-state index contributed by atoms with van der Waals surface area (Å²) in [5.41, 5.74) is 3.31. The lowest BCUT2D eigenvalue weighted by molar-refractivity contribution is -0.126. The minimum absolute atomic E-state index is 0.00836. The third-order valence-electron chi connectivity index (χ3n) is 5.03. The summed E-state index contributed by atoms with van der Waals surface area (Å²) < 4.78 is 0. The molecule has 1 fully saturated rings. The SMILES string of the molecule is Cc1ccccc1CNC(=O)C1CCCN(Cc2c(Cl)cccc2Cl)C1. The van der Waals surface area contributed by atoms with Gasteiger partial charge in [-0.3, -0.25) is 9.69 Å². The number of halogens is 2. The number of aryl methyl sites for hydroxylation is 1. The van der Waals surface area contributed by atoms with Gasteiger partial charge in [0.1, 0.15) is 0 Å². The van der Waals surface area contributed by atoms with Crippen LogP contribution in [0.4, 0.5) is 0 Å². The van der Waals surface area contributed by atoms with Crippen molar-refractivity contribution in [3.63, 3.8) is 0 Å². The molecule has 1 saturated heterocycles. The van der Waals surface area contributed by atoms with Crippen LogP contribution in [0.25, 0.3) is 0 Å². The fourth-order valence-corrected chi connectivity index (χ4v) is 3.97. The molecule has 0 aliphatic carbocycles. The lowest BCUT2D eigenvalue weighted by Crippen LogP contribution is -2.42. The van der Waals surface area contributed by atoms with E-state index in [1.807, 2.05) is 30.3 Å². The minimum Gasteiger partial charge on any atom is -0.352 e. The molecule has 1 heterocycles. The van der Waals surface area contributed by atoms with Gasteiger partial charge in [0.2, 0.25) is 5.91 Å². The highest BCUT2D eigenvalue weighted by Gasteiger charge is 2.26. The number of amides is 1. The molecule has 0 radical (unpaired) electrons. The van der Waals surface area contributed by atoms with Gasteiger partial charge in [-0.2, -0.15) is 0 Å². The van der Waals surface area contributed by atoms with E-state index in [0.717, 1.165) is 37.1 Å². The van der Waals surface area contributed by atoms with Gasteiger partial charge in [-0.1, -0.05) is 53.5 Å². The average Bonchev–Trinajstić information content (AvgIpc) is 2.64. The van der Waals surface area contributed by atoms with E-state index in [-0.39, 0.29) is 11.8 Å². The van der Waals surface area contributed by atoms with Crippen molar-refractivity contribution in [2.45, 2.75) is 32.9 Å². The molecule has 0 saturated carbocycles. The first kappa shape index (κ1) is 19.2. The van der Waals surface area contributed by atoms with Crippen molar-refractivity contribution >= 4 is 29.1 Å². The number of carbonyl (C=O) groups is 1. The number of piperidine rings is 1. The van der Waals surface area contributed by atoms with E-state index in [4.69, 9.17) is 23.2 Å². The number of nitrogens with zero attached hydrogens (tertiary/aromatic N) is 1. The molecule has 3 nitrogen and oxygen atoms in total. The van der Waals surface area contributed by atoms with Crippen LogP contribution in [0.15, 0.2) is 42.5 Å². The Morgan fingerprint density at radius 1 is 1.15 bits per heavy atom. The summed E-state index contributed by atoms with van der Waals surface area (Å²) in [6.45, 7) is 5.03. The second kappa shape index (κ2) is 8.90.